The smallest absolute Gasteiger partial charge is 0.317 e. The number of nitrogens with one attached hydrogen (secondary N) is 2. The number of carbonyl (C=O) groups excluding carboxylic acids is 2. The van der Waals surface area contributed by atoms with E-state index in [-0.39, 0.29) is 24.0 Å². The molecule has 4 rings (SSSR count). The first-order chi connectivity index (χ1) is 15.1. The van der Waals surface area contributed by atoms with Crippen molar-refractivity contribution in [3.05, 3.63) is 34.3 Å². The van der Waals surface area contributed by atoms with Crippen molar-refractivity contribution < 1.29 is 19.1 Å². The van der Waals surface area contributed by atoms with Crippen LogP contribution in [0.4, 0.5) is 10.5 Å². The van der Waals surface area contributed by atoms with Gasteiger partial charge < -0.3 is 25.0 Å². The van der Waals surface area contributed by atoms with Crippen LogP contribution in [0.5, 0.6) is 5.75 Å². The Morgan fingerprint density at radius 1 is 1.23 bits per heavy atom. The van der Waals surface area contributed by atoms with Gasteiger partial charge in [-0.1, -0.05) is 11.3 Å². The molecule has 3 heterocycles. The van der Waals surface area contributed by atoms with Crippen LogP contribution in [-0.4, -0.2) is 66.5 Å². The van der Waals surface area contributed by atoms with Gasteiger partial charge in [0.05, 0.1) is 13.2 Å². The molecule has 1 aromatic heterocycles. The van der Waals surface area contributed by atoms with Crippen molar-refractivity contribution in [2.75, 3.05) is 38.7 Å². The Morgan fingerprint density at radius 3 is 2.81 bits per heavy atom. The lowest BCUT2D eigenvalue weighted by atomic mass is 9.99. The minimum atomic E-state index is -0.295. The molecule has 10 heteroatoms. The van der Waals surface area contributed by atoms with E-state index in [0.717, 1.165) is 49.6 Å². The first kappa shape index (κ1) is 21.5. The molecule has 0 spiro atoms. The summed E-state index contributed by atoms with van der Waals surface area (Å²) in [5.74, 6) is 0.510. The van der Waals surface area contributed by atoms with Crippen molar-refractivity contribution >= 4 is 29.0 Å². The second-order valence-corrected chi connectivity index (χ2v) is 8.74. The number of amides is 3. The summed E-state index contributed by atoms with van der Waals surface area (Å²) >= 11 is 1.28. The summed E-state index contributed by atoms with van der Waals surface area (Å²) in [5.41, 5.74) is 0.661. The molecular weight excluding hydrogens is 418 g/mol. The molecule has 2 aliphatic heterocycles. The number of nitrogens with zero attached hydrogens (tertiary/aromatic N) is 3. The van der Waals surface area contributed by atoms with E-state index in [4.69, 9.17) is 9.47 Å². The molecule has 2 unspecified atom stereocenters. The highest BCUT2D eigenvalue weighted by atomic mass is 32.1. The maximum absolute atomic E-state index is 12.5. The largest absolute Gasteiger partial charge is 0.497 e. The molecule has 0 saturated carbocycles. The maximum atomic E-state index is 12.5. The van der Waals surface area contributed by atoms with Crippen LogP contribution in [0.15, 0.2) is 24.3 Å². The van der Waals surface area contributed by atoms with Gasteiger partial charge in [0.1, 0.15) is 10.8 Å². The van der Waals surface area contributed by atoms with Crippen LogP contribution in [0, 0.1) is 0 Å². The van der Waals surface area contributed by atoms with E-state index in [1.54, 1.807) is 31.4 Å². The molecule has 2 N–H and O–H groups in total. The van der Waals surface area contributed by atoms with E-state index in [2.05, 4.69) is 20.8 Å². The number of urea groups is 1. The molecule has 0 radical (unpaired) electrons. The molecule has 9 nitrogen and oxygen atoms in total. The second-order valence-electron chi connectivity index (χ2n) is 7.73. The Kier molecular flexibility index (Phi) is 6.98. The number of anilines is 1. The Labute approximate surface area is 185 Å². The number of benzene rings is 1. The van der Waals surface area contributed by atoms with Gasteiger partial charge in [-0.25, -0.2) is 4.79 Å². The van der Waals surface area contributed by atoms with Gasteiger partial charge >= 0.3 is 6.03 Å². The maximum Gasteiger partial charge on any atom is 0.317 e. The van der Waals surface area contributed by atoms with Crippen molar-refractivity contribution in [1.82, 2.24) is 20.4 Å². The quantitative estimate of drug-likeness (QED) is 0.708. The first-order valence-corrected chi connectivity index (χ1v) is 11.4. The summed E-state index contributed by atoms with van der Waals surface area (Å²) in [6.07, 6.45) is 3.99. The van der Waals surface area contributed by atoms with Crippen molar-refractivity contribution in [3.63, 3.8) is 0 Å². The Bertz CT molecular complexity index is 897. The van der Waals surface area contributed by atoms with Crippen molar-refractivity contribution in [1.29, 1.82) is 0 Å². The zero-order valence-corrected chi connectivity index (χ0v) is 18.3. The average Bonchev–Trinajstić information content (AvgIpc) is 3.50. The standard InChI is InChI=1S/C21H27N5O4S/c1-29-16-8-6-15(7-9-16)23-18(27)20-25-24-19(31-20)14-4-2-10-26(13-14)21(28)22-12-17-5-3-11-30-17/h6-9,14,17H,2-5,10-13H2,1H3,(H,22,28)(H,23,27). The summed E-state index contributed by atoms with van der Waals surface area (Å²) in [6, 6.07) is 7.03. The first-order valence-electron chi connectivity index (χ1n) is 10.6. The minimum absolute atomic E-state index is 0.0674. The molecule has 2 atom stereocenters. The van der Waals surface area contributed by atoms with Gasteiger partial charge in [0.15, 0.2) is 0 Å². The molecular formula is C21H27N5O4S. The van der Waals surface area contributed by atoms with Crippen LogP contribution >= 0.6 is 11.3 Å². The van der Waals surface area contributed by atoms with E-state index in [1.165, 1.54) is 11.3 Å². The molecule has 1 aromatic carbocycles. The van der Waals surface area contributed by atoms with E-state index >= 15 is 0 Å². The monoisotopic (exact) mass is 445 g/mol. The lowest BCUT2D eigenvalue weighted by Crippen LogP contribution is -2.46. The van der Waals surface area contributed by atoms with Crippen LogP contribution in [-0.2, 0) is 4.74 Å². The van der Waals surface area contributed by atoms with Gasteiger partial charge in [-0.05, 0) is 49.9 Å². The highest BCUT2D eigenvalue weighted by molar-refractivity contribution is 7.13. The number of hydrogen-bond acceptors (Lipinski definition) is 7. The van der Waals surface area contributed by atoms with Crippen LogP contribution in [0.25, 0.3) is 0 Å². The van der Waals surface area contributed by atoms with Crippen LogP contribution in [0.2, 0.25) is 0 Å². The van der Waals surface area contributed by atoms with E-state index < -0.39 is 0 Å². The Hall–Kier alpha value is -2.72. The molecule has 166 valence electrons. The van der Waals surface area contributed by atoms with Gasteiger partial charge in [0.2, 0.25) is 5.01 Å². The van der Waals surface area contributed by atoms with Crippen molar-refractivity contribution in [2.45, 2.75) is 37.7 Å². The highest BCUT2D eigenvalue weighted by Crippen LogP contribution is 2.29. The fourth-order valence-electron chi connectivity index (χ4n) is 3.83. The average molecular weight is 446 g/mol. The van der Waals surface area contributed by atoms with E-state index in [9.17, 15) is 9.59 Å². The number of aromatic nitrogens is 2. The fraction of sp³-hybridized carbons (Fsp3) is 0.524. The Balaban J connectivity index is 1.31. The minimum Gasteiger partial charge on any atom is -0.497 e. The number of methoxy groups -OCH3 is 1. The zero-order chi connectivity index (χ0) is 21.6. The summed E-state index contributed by atoms with van der Waals surface area (Å²) in [4.78, 5) is 26.9. The van der Waals surface area contributed by atoms with Crippen LogP contribution in [0.1, 0.15) is 46.4 Å². The molecule has 0 aliphatic carbocycles. The predicted molar refractivity (Wildman–Crippen MR) is 117 cm³/mol. The van der Waals surface area contributed by atoms with Crippen LogP contribution < -0.4 is 15.4 Å². The summed E-state index contributed by atoms with van der Waals surface area (Å²) in [7, 11) is 1.59. The van der Waals surface area contributed by atoms with Crippen LogP contribution in [0.3, 0.4) is 0 Å². The van der Waals surface area contributed by atoms with Gasteiger partial charge in [-0.15, -0.1) is 10.2 Å². The molecule has 2 saturated heterocycles. The lowest BCUT2D eigenvalue weighted by Gasteiger charge is -2.31. The van der Waals surface area contributed by atoms with E-state index in [1.807, 2.05) is 4.90 Å². The highest BCUT2D eigenvalue weighted by Gasteiger charge is 2.28. The summed E-state index contributed by atoms with van der Waals surface area (Å²) in [5, 5.41) is 15.2. The van der Waals surface area contributed by atoms with Gasteiger partial charge in [-0.2, -0.15) is 0 Å². The number of ether oxygens (including phenoxy) is 2. The SMILES string of the molecule is COc1ccc(NC(=O)c2nnc(C3CCCN(C(=O)NCC4CCCO4)C3)s2)cc1. The number of carbonyl (C=O) groups is 2. The third-order valence-corrected chi connectivity index (χ3v) is 6.63. The molecule has 31 heavy (non-hydrogen) atoms. The molecule has 3 amide bonds. The van der Waals surface area contributed by atoms with Gasteiger partial charge in [-0.3, -0.25) is 4.79 Å². The van der Waals surface area contributed by atoms with Gasteiger partial charge in [0, 0.05) is 37.8 Å². The fourth-order valence-corrected chi connectivity index (χ4v) is 4.70. The van der Waals surface area contributed by atoms with Crippen molar-refractivity contribution in [2.24, 2.45) is 0 Å². The molecule has 2 aliphatic rings. The third kappa shape index (κ3) is 5.50. The predicted octanol–water partition coefficient (Wildman–Crippen LogP) is 2.87. The van der Waals surface area contributed by atoms with Crippen molar-refractivity contribution in [3.8, 4) is 5.75 Å². The molecule has 2 fully saturated rings. The second kappa shape index (κ2) is 10.1. The Morgan fingerprint density at radius 2 is 2.06 bits per heavy atom. The number of hydrogen-bond donors (Lipinski definition) is 2. The number of rotatable bonds is 6. The molecule has 0 bridgehead atoms. The summed E-state index contributed by atoms with van der Waals surface area (Å²) in [6.45, 7) is 2.62. The lowest BCUT2D eigenvalue weighted by molar-refractivity contribution is 0.102. The third-order valence-electron chi connectivity index (χ3n) is 5.55. The van der Waals surface area contributed by atoms with Gasteiger partial charge in [0.25, 0.3) is 5.91 Å². The topological polar surface area (TPSA) is 106 Å². The number of piperidine rings is 1. The molecule has 2 aromatic rings. The normalized spacial score (nSPS) is 21.0. The zero-order valence-electron chi connectivity index (χ0n) is 17.5. The summed E-state index contributed by atoms with van der Waals surface area (Å²) < 4.78 is 10.7. The van der Waals surface area contributed by atoms with E-state index in [0.29, 0.717) is 23.8 Å². The number of likely N-dealkylation sites (tertiary alicyclic amines) is 1.